The predicted octanol–water partition coefficient (Wildman–Crippen LogP) is 1.68. The van der Waals surface area contributed by atoms with E-state index in [1.165, 1.54) is 5.56 Å². The van der Waals surface area contributed by atoms with Gasteiger partial charge in [-0.2, -0.15) is 0 Å². The smallest absolute Gasteiger partial charge is 0.115 e. The van der Waals surface area contributed by atoms with Crippen LogP contribution in [0.25, 0.3) is 0 Å². The van der Waals surface area contributed by atoms with E-state index in [2.05, 4.69) is 12.2 Å². The van der Waals surface area contributed by atoms with Crippen molar-refractivity contribution in [1.82, 2.24) is 5.32 Å². The first-order valence-corrected chi connectivity index (χ1v) is 7.47. The number of hydrogen-bond donors (Lipinski definition) is 2. The Kier molecular flexibility index (Phi) is 6.22. The summed E-state index contributed by atoms with van der Waals surface area (Å²) in [6.07, 6.45) is 0.916. The van der Waals surface area contributed by atoms with E-state index >= 15 is 0 Å². The second-order valence-electron chi connectivity index (χ2n) is 4.16. The van der Waals surface area contributed by atoms with Gasteiger partial charge in [-0.05, 0) is 31.0 Å². The summed E-state index contributed by atoms with van der Waals surface area (Å²) in [4.78, 5) is 0. The number of nitrogens with one attached hydrogen (secondary N) is 1. The summed E-state index contributed by atoms with van der Waals surface area (Å²) in [6, 6.07) is 7.62. The van der Waals surface area contributed by atoms with E-state index in [9.17, 15) is 9.32 Å². The van der Waals surface area contributed by atoms with Crippen LogP contribution in [0.3, 0.4) is 0 Å². The number of rotatable bonds is 7. The molecule has 2 N–H and O–H groups in total. The Bertz CT molecular complexity index is 351. The molecule has 2 atom stereocenters. The minimum Gasteiger partial charge on any atom is -0.508 e. The summed E-state index contributed by atoms with van der Waals surface area (Å²) in [6.45, 7) is 4.84. The maximum atomic E-state index is 11.2. The normalized spacial score (nSPS) is 14.5. The fourth-order valence-corrected chi connectivity index (χ4v) is 2.26. The highest BCUT2D eigenvalue weighted by atomic mass is 32.2. The van der Waals surface area contributed by atoms with Crippen molar-refractivity contribution in [2.24, 2.45) is 0 Å². The number of phenolic OH excluding ortho intramolecular Hbond substituents is 1. The van der Waals surface area contributed by atoms with Crippen molar-refractivity contribution < 1.29 is 9.32 Å². The summed E-state index contributed by atoms with van der Waals surface area (Å²) < 4.78 is 11.2. The fourth-order valence-electron chi connectivity index (χ4n) is 1.62. The molecule has 1 rings (SSSR count). The average molecular weight is 255 g/mol. The molecule has 0 fully saturated rings. The maximum Gasteiger partial charge on any atom is 0.115 e. The zero-order chi connectivity index (χ0) is 12.7. The molecule has 4 heteroatoms. The zero-order valence-electron chi connectivity index (χ0n) is 10.5. The highest BCUT2D eigenvalue weighted by Gasteiger charge is 2.03. The van der Waals surface area contributed by atoms with Crippen LogP contribution in [0.15, 0.2) is 24.3 Å². The Morgan fingerprint density at radius 1 is 1.35 bits per heavy atom. The van der Waals surface area contributed by atoms with Crippen LogP contribution in [-0.4, -0.2) is 33.4 Å². The van der Waals surface area contributed by atoms with Gasteiger partial charge in [-0.1, -0.05) is 19.1 Å². The van der Waals surface area contributed by atoms with E-state index in [0.29, 0.717) is 11.8 Å². The number of phenols is 1. The van der Waals surface area contributed by atoms with Crippen LogP contribution in [0.2, 0.25) is 0 Å². The van der Waals surface area contributed by atoms with Gasteiger partial charge >= 0.3 is 0 Å². The van der Waals surface area contributed by atoms with E-state index in [-0.39, 0.29) is 0 Å². The highest BCUT2D eigenvalue weighted by molar-refractivity contribution is 7.84. The zero-order valence-corrected chi connectivity index (χ0v) is 11.3. The van der Waals surface area contributed by atoms with Crippen molar-refractivity contribution in [2.45, 2.75) is 26.3 Å². The molecule has 0 aliphatic rings. The molecule has 3 nitrogen and oxygen atoms in total. The molecule has 1 aromatic carbocycles. The van der Waals surface area contributed by atoms with Crippen molar-refractivity contribution in [1.29, 1.82) is 0 Å². The highest BCUT2D eigenvalue weighted by Crippen LogP contribution is 2.11. The minimum atomic E-state index is -0.689. The van der Waals surface area contributed by atoms with E-state index in [1.54, 1.807) is 12.1 Å². The maximum absolute atomic E-state index is 11.2. The molecular weight excluding hydrogens is 234 g/mol. The van der Waals surface area contributed by atoms with Crippen LogP contribution in [0.4, 0.5) is 0 Å². The minimum absolute atomic E-state index is 0.299. The molecule has 96 valence electrons. The third-order valence-corrected chi connectivity index (χ3v) is 3.93. The van der Waals surface area contributed by atoms with Crippen molar-refractivity contribution in [2.75, 3.05) is 18.1 Å². The lowest BCUT2D eigenvalue weighted by Crippen LogP contribution is -2.31. The van der Waals surface area contributed by atoms with E-state index < -0.39 is 10.8 Å². The van der Waals surface area contributed by atoms with Gasteiger partial charge in [0.15, 0.2) is 0 Å². The summed E-state index contributed by atoms with van der Waals surface area (Å²) in [5.41, 5.74) is 1.19. The summed E-state index contributed by atoms with van der Waals surface area (Å²) in [7, 11) is -0.689. The van der Waals surface area contributed by atoms with Gasteiger partial charge < -0.3 is 10.4 Å². The van der Waals surface area contributed by atoms with E-state index in [4.69, 9.17) is 0 Å². The molecule has 0 aromatic heterocycles. The molecule has 0 amide bonds. The molecular formula is C13H21NO2S. The van der Waals surface area contributed by atoms with Crippen LogP contribution in [0.1, 0.15) is 19.4 Å². The lowest BCUT2D eigenvalue weighted by Gasteiger charge is -2.13. The molecule has 0 spiro atoms. The molecule has 0 saturated heterocycles. The summed E-state index contributed by atoms with van der Waals surface area (Å²) in [5, 5.41) is 12.5. The quantitative estimate of drug-likeness (QED) is 0.779. The SMILES string of the molecule is CCS(=O)CCNC(C)Cc1ccc(O)cc1. The molecule has 0 heterocycles. The van der Waals surface area contributed by atoms with E-state index in [0.717, 1.165) is 24.5 Å². The third-order valence-electron chi connectivity index (χ3n) is 2.62. The molecule has 0 bridgehead atoms. The van der Waals surface area contributed by atoms with Gasteiger partial charge in [-0.25, -0.2) is 0 Å². The number of aromatic hydroxyl groups is 1. The van der Waals surface area contributed by atoms with Gasteiger partial charge in [0.05, 0.1) is 0 Å². The number of benzene rings is 1. The molecule has 0 radical (unpaired) electrons. The average Bonchev–Trinajstić information content (AvgIpc) is 2.32. The first-order chi connectivity index (χ1) is 8.11. The fraction of sp³-hybridized carbons (Fsp3) is 0.538. The van der Waals surface area contributed by atoms with E-state index in [1.807, 2.05) is 19.1 Å². The second-order valence-corrected chi connectivity index (χ2v) is 6.02. The standard InChI is InChI=1S/C13H21NO2S/c1-3-17(16)9-8-14-11(2)10-12-4-6-13(15)7-5-12/h4-7,11,14-15H,3,8-10H2,1-2H3. The van der Waals surface area contributed by atoms with Crippen LogP contribution < -0.4 is 5.32 Å². The van der Waals surface area contributed by atoms with Crippen molar-refractivity contribution in [3.05, 3.63) is 29.8 Å². The summed E-state index contributed by atoms with van der Waals surface area (Å²) in [5.74, 6) is 1.75. The van der Waals surface area contributed by atoms with Gasteiger partial charge in [0.1, 0.15) is 5.75 Å². The van der Waals surface area contributed by atoms with Gasteiger partial charge in [-0.15, -0.1) is 0 Å². The van der Waals surface area contributed by atoms with Gasteiger partial charge in [0, 0.05) is 34.9 Å². The van der Waals surface area contributed by atoms with Crippen molar-refractivity contribution in [3.63, 3.8) is 0 Å². The summed E-state index contributed by atoms with van der Waals surface area (Å²) >= 11 is 0. The topological polar surface area (TPSA) is 49.3 Å². The molecule has 17 heavy (non-hydrogen) atoms. The lowest BCUT2D eigenvalue weighted by atomic mass is 10.1. The van der Waals surface area contributed by atoms with Gasteiger partial charge in [0.2, 0.25) is 0 Å². The first kappa shape index (κ1) is 14.2. The molecule has 0 saturated carbocycles. The van der Waals surface area contributed by atoms with Crippen molar-refractivity contribution in [3.8, 4) is 5.75 Å². The second kappa shape index (κ2) is 7.45. The molecule has 0 aliphatic carbocycles. The Balaban J connectivity index is 2.27. The predicted molar refractivity (Wildman–Crippen MR) is 72.8 cm³/mol. The van der Waals surface area contributed by atoms with Crippen LogP contribution in [-0.2, 0) is 17.2 Å². The van der Waals surface area contributed by atoms with Crippen LogP contribution in [0.5, 0.6) is 5.75 Å². The van der Waals surface area contributed by atoms with Crippen molar-refractivity contribution >= 4 is 10.8 Å². The molecule has 2 unspecified atom stereocenters. The monoisotopic (exact) mass is 255 g/mol. The van der Waals surface area contributed by atoms with Gasteiger partial charge in [0.25, 0.3) is 0 Å². The molecule has 1 aromatic rings. The first-order valence-electron chi connectivity index (χ1n) is 5.98. The Morgan fingerprint density at radius 3 is 2.59 bits per heavy atom. The lowest BCUT2D eigenvalue weighted by molar-refractivity contribution is 0.474. The Hall–Kier alpha value is -0.870. The van der Waals surface area contributed by atoms with Crippen LogP contribution in [0, 0.1) is 0 Å². The molecule has 0 aliphatic heterocycles. The largest absolute Gasteiger partial charge is 0.508 e. The Labute approximate surface area is 106 Å². The Morgan fingerprint density at radius 2 is 2.00 bits per heavy atom. The van der Waals surface area contributed by atoms with Crippen LogP contribution >= 0.6 is 0 Å². The number of hydrogen-bond acceptors (Lipinski definition) is 3. The van der Waals surface area contributed by atoms with Gasteiger partial charge in [-0.3, -0.25) is 4.21 Å². The third kappa shape index (κ3) is 5.84.